The predicted octanol–water partition coefficient (Wildman–Crippen LogP) is 2.29. The van der Waals surface area contributed by atoms with E-state index < -0.39 is 0 Å². The Hall–Kier alpha value is -1.94. The molecule has 0 saturated carbocycles. The molecule has 0 bridgehead atoms. The highest BCUT2D eigenvalue weighted by Crippen LogP contribution is 2.25. The van der Waals surface area contributed by atoms with Crippen molar-refractivity contribution in [2.45, 2.75) is 19.4 Å². The Bertz CT molecular complexity index is 624. The lowest BCUT2D eigenvalue weighted by molar-refractivity contribution is 0.250. The maximum absolute atomic E-state index is 9.15. The van der Waals surface area contributed by atoms with Gasteiger partial charge < -0.3 is 10.4 Å². The highest BCUT2D eigenvalue weighted by atomic mass is 16.3. The van der Waals surface area contributed by atoms with Crippen LogP contribution in [-0.2, 0) is 0 Å². The van der Waals surface area contributed by atoms with Gasteiger partial charge in [-0.05, 0) is 25.0 Å². The van der Waals surface area contributed by atoms with Crippen LogP contribution in [0.25, 0.3) is 10.9 Å². The van der Waals surface area contributed by atoms with Gasteiger partial charge in [0.2, 0.25) is 0 Å². The third kappa shape index (κ3) is 2.31. The molecule has 0 spiro atoms. The van der Waals surface area contributed by atoms with Crippen molar-refractivity contribution < 1.29 is 5.11 Å². The normalized spacial score (nSPS) is 22.0. The second-order valence-corrected chi connectivity index (χ2v) is 5.01. The molecule has 1 aromatic carbocycles. The van der Waals surface area contributed by atoms with E-state index in [9.17, 15) is 0 Å². The van der Waals surface area contributed by atoms with Gasteiger partial charge in [0.1, 0.15) is 12.1 Å². The lowest BCUT2D eigenvalue weighted by atomic mass is 10.1. The second-order valence-electron chi connectivity index (χ2n) is 5.01. The first-order valence-electron chi connectivity index (χ1n) is 6.54. The summed E-state index contributed by atoms with van der Waals surface area (Å²) < 4.78 is 0. The van der Waals surface area contributed by atoms with E-state index in [1.165, 1.54) is 0 Å². The number of aryl methyl sites for hydroxylation is 1. The van der Waals surface area contributed by atoms with E-state index in [-0.39, 0.29) is 18.6 Å². The SMILES string of the molecule is Cc1cccc2c(N[C@@H]3C=C[C@H](CO)C3)ncnc12. The Morgan fingerprint density at radius 2 is 2.21 bits per heavy atom. The van der Waals surface area contributed by atoms with Crippen LogP contribution in [-0.4, -0.2) is 27.7 Å². The number of anilines is 1. The molecule has 98 valence electrons. The van der Waals surface area contributed by atoms with Crippen molar-refractivity contribution in [3.05, 3.63) is 42.2 Å². The van der Waals surface area contributed by atoms with Gasteiger partial charge in [0.05, 0.1) is 5.52 Å². The molecule has 1 heterocycles. The van der Waals surface area contributed by atoms with Crippen LogP contribution in [0.1, 0.15) is 12.0 Å². The zero-order valence-electron chi connectivity index (χ0n) is 10.9. The lowest BCUT2D eigenvalue weighted by Gasteiger charge is -2.15. The van der Waals surface area contributed by atoms with Crippen LogP contribution in [0, 0.1) is 12.8 Å². The monoisotopic (exact) mass is 255 g/mol. The van der Waals surface area contributed by atoms with E-state index in [0.29, 0.717) is 0 Å². The summed E-state index contributed by atoms with van der Waals surface area (Å²) in [6, 6.07) is 6.34. The van der Waals surface area contributed by atoms with E-state index in [1.54, 1.807) is 6.33 Å². The molecule has 4 heteroatoms. The number of hydrogen-bond donors (Lipinski definition) is 2. The lowest BCUT2D eigenvalue weighted by Crippen LogP contribution is -2.17. The largest absolute Gasteiger partial charge is 0.396 e. The van der Waals surface area contributed by atoms with Crippen molar-refractivity contribution >= 4 is 16.7 Å². The van der Waals surface area contributed by atoms with Gasteiger partial charge in [-0.1, -0.05) is 24.3 Å². The fourth-order valence-corrected chi connectivity index (χ4v) is 2.54. The van der Waals surface area contributed by atoms with Crippen molar-refractivity contribution in [3.63, 3.8) is 0 Å². The van der Waals surface area contributed by atoms with Gasteiger partial charge in [-0.2, -0.15) is 0 Å². The summed E-state index contributed by atoms with van der Waals surface area (Å²) in [7, 11) is 0. The predicted molar refractivity (Wildman–Crippen MR) is 76.0 cm³/mol. The van der Waals surface area contributed by atoms with Gasteiger partial charge in [0.15, 0.2) is 0 Å². The smallest absolute Gasteiger partial charge is 0.137 e. The molecule has 1 aliphatic rings. The van der Waals surface area contributed by atoms with Crippen molar-refractivity contribution in [1.82, 2.24) is 9.97 Å². The molecule has 0 amide bonds. The molecule has 2 N–H and O–H groups in total. The van der Waals surface area contributed by atoms with Gasteiger partial charge in [-0.25, -0.2) is 9.97 Å². The number of nitrogens with zero attached hydrogens (tertiary/aromatic N) is 2. The Kier molecular flexibility index (Phi) is 3.17. The van der Waals surface area contributed by atoms with Crippen molar-refractivity contribution in [2.24, 2.45) is 5.92 Å². The molecule has 1 aliphatic carbocycles. The van der Waals surface area contributed by atoms with Gasteiger partial charge in [0.25, 0.3) is 0 Å². The topological polar surface area (TPSA) is 58.0 Å². The van der Waals surface area contributed by atoms with Crippen LogP contribution in [0.3, 0.4) is 0 Å². The fourth-order valence-electron chi connectivity index (χ4n) is 2.54. The van der Waals surface area contributed by atoms with Crippen LogP contribution in [0.5, 0.6) is 0 Å². The molecule has 2 aromatic rings. The van der Waals surface area contributed by atoms with E-state index in [0.717, 1.165) is 28.7 Å². The minimum absolute atomic E-state index is 0.207. The first-order valence-corrected chi connectivity index (χ1v) is 6.54. The number of aliphatic hydroxyl groups is 1. The van der Waals surface area contributed by atoms with Gasteiger partial charge in [-0.15, -0.1) is 0 Å². The molecule has 0 radical (unpaired) electrons. The number of aromatic nitrogens is 2. The Morgan fingerprint density at radius 3 is 3.00 bits per heavy atom. The summed E-state index contributed by atoms with van der Waals surface area (Å²) in [5.74, 6) is 1.12. The molecule has 0 unspecified atom stereocenters. The summed E-state index contributed by atoms with van der Waals surface area (Å²) >= 11 is 0. The molecule has 0 fully saturated rings. The first-order chi connectivity index (χ1) is 9.28. The number of aliphatic hydroxyl groups excluding tert-OH is 1. The van der Waals surface area contributed by atoms with Crippen molar-refractivity contribution in [2.75, 3.05) is 11.9 Å². The number of nitrogens with one attached hydrogen (secondary N) is 1. The molecule has 0 aliphatic heterocycles. The van der Waals surface area contributed by atoms with Crippen LogP contribution < -0.4 is 5.32 Å². The zero-order chi connectivity index (χ0) is 13.2. The van der Waals surface area contributed by atoms with Crippen LogP contribution in [0.4, 0.5) is 5.82 Å². The number of benzene rings is 1. The van der Waals surface area contributed by atoms with Crippen molar-refractivity contribution in [1.29, 1.82) is 0 Å². The average Bonchev–Trinajstić information content (AvgIpc) is 2.88. The van der Waals surface area contributed by atoms with Crippen LogP contribution in [0.15, 0.2) is 36.7 Å². The highest BCUT2D eigenvalue weighted by molar-refractivity contribution is 5.90. The number of para-hydroxylation sites is 1. The molecule has 2 atom stereocenters. The maximum Gasteiger partial charge on any atom is 0.137 e. The first kappa shape index (κ1) is 12.1. The zero-order valence-corrected chi connectivity index (χ0v) is 10.9. The van der Waals surface area contributed by atoms with Gasteiger partial charge in [0, 0.05) is 24.0 Å². The van der Waals surface area contributed by atoms with Gasteiger partial charge in [-0.3, -0.25) is 0 Å². The molecule has 19 heavy (non-hydrogen) atoms. The highest BCUT2D eigenvalue weighted by Gasteiger charge is 2.19. The molecule has 3 rings (SSSR count). The van der Waals surface area contributed by atoms with Crippen LogP contribution >= 0.6 is 0 Å². The van der Waals surface area contributed by atoms with E-state index in [1.807, 2.05) is 12.1 Å². The third-order valence-electron chi connectivity index (χ3n) is 3.60. The fraction of sp³-hybridized carbons (Fsp3) is 0.333. The summed E-state index contributed by atoms with van der Waals surface area (Å²) in [6.07, 6.45) is 6.67. The average molecular weight is 255 g/mol. The molecule has 4 nitrogen and oxygen atoms in total. The minimum atomic E-state index is 0.207. The summed E-state index contributed by atoms with van der Waals surface area (Å²) in [5, 5.41) is 13.6. The summed E-state index contributed by atoms with van der Waals surface area (Å²) in [6.45, 7) is 2.26. The third-order valence-corrected chi connectivity index (χ3v) is 3.60. The molecule has 0 saturated heterocycles. The minimum Gasteiger partial charge on any atom is -0.396 e. The number of rotatable bonds is 3. The summed E-state index contributed by atoms with van der Waals surface area (Å²) in [4.78, 5) is 8.68. The van der Waals surface area contributed by atoms with E-state index in [4.69, 9.17) is 5.11 Å². The number of fused-ring (bicyclic) bond motifs is 1. The second kappa shape index (κ2) is 4.97. The molecular formula is C15H17N3O. The van der Waals surface area contributed by atoms with Gasteiger partial charge >= 0.3 is 0 Å². The van der Waals surface area contributed by atoms with Crippen LogP contribution in [0.2, 0.25) is 0 Å². The van der Waals surface area contributed by atoms with Crippen molar-refractivity contribution in [3.8, 4) is 0 Å². The Labute approximate surface area is 112 Å². The van der Waals surface area contributed by atoms with E-state index >= 15 is 0 Å². The standard InChI is InChI=1S/C15H17N3O/c1-10-3-2-4-13-14(10)16-9-17-15(13)18-12-6-5-11(7-12)8-19/h2-6,9,11-12,19H,7-8H2,1H3,(H,16,17,18)/t11-,12+/m0/s1. The number of hydrogen-bond acceptors (Lipinski definition) is 4. The maximum atomic E-state index is 9.15. The Balaban J connectivity index is 1.90. The Morgan fingerprint density at radius 1 is 1.32 bits per heavy atom. The molecular weight excluding hydrogens is 238 g/mol. The summed E-state index contributed by atoms with van der Waals surface area (Å²) in [5.41, 5.74) is 2.14. The molecule has 1 aromatic heterocycles. The quantitative estimate of drug-likeness (QED) is 0.826. The van der Waals surface area contributed by atoms with E-state index in [2.05, 4.69) is 40.4 Å².